The van der Waals surface area contributed by atoms with Crippen LogP contribution in [0.1, 0.15) is 34.6 Å². The van der Waals surface area contributed by atoms with Gasteiger partial charge in [0.2, 0.25) is 0 Å². The lowest BCUT2D eigenvalue weighted by Gasteiger charge is -2.21. The van der Waals surface area contributed by atoms with E-state index >= 15 is 0 Å². The van der Waals surface area contributed by atoms with Crippen LogP contribution in [-0.2, 0) is 0 Å². The van der Waals surface area contributed by atoms with Crippen LogP contribution in [-0.4, -0.2) is 5.11 Å². The molecule has 1 nitrogen and oxygen atoms in total. The van der Waals surface area contributed by atoms with Gasteiger partial charge in [-0.05, 0) is 36.1 Å². The topological polar surface area (TPSA) is 20.2 Å². The fourth-order valence-electron chi connectivity index (χ4n) is 2.58. The molecule has 0 fully saturated rings. The molecule has 0 aromatic heterocycles. The van der Waals surface area contributed by atoms with Gasteiger partial charge in [-0.25, -0.2) is 0 Å². The Morgan fingerprint density at radius 2 is 1.37 bits per heavy atom. The molecule has 0 heterocycles. The summed E-state index contributed by atoms with van der Waals surface area (Å²) < 4.78 is 0. The maximum absolute atomic E-state index is 9.63. The summed E-state index contributed by atoms with van der Waals surface area (Å²) in [5, 5.41) is 9.63. The summed E-state index contributed by atoms with van der Waals surface area (Å²) >= 11 is 0. The number of allylic oxidation sites excluding steroid dienone is 1. The molecule has 0 saturated carbocycles. The molecular formula is C18H20O. The summed E-state index contributed by atoms with van der Waals surface area (Å²) in [5.74, 6) is 0.399. The van der Waals surface area contributed by atoms with Gasteiger partial charge in [-0.3, -0.25) is 0 Å². The van der Waals surface area contributed by atoms with Crippen molar-refractivity contribution in [3.63, 3.8) is 0 Å². The number of aliphatic hydroxyl groups is 1. The van der Waals surface area contributed by atoms with Gasteiger partial charge < -0.3 is 5.11 Å². The minimum absolute atomic E-state index is 0.167. The van der Waals surface area contributed by atoms with Crippen molar-refractivity contribution in [2.24, 2.45) is 0 Å². The fourth-order valence-corrected chi connectivity index (χ4v) is 2.58. The zero-order valence-electron chi connectivity index (χ0n) is 11.6. The first kappa shape index (κ1) is 13.4. The standard InChI is InChI=1S/C18H20O/c1-13-8-4-6-10-16(13)18(12-15(3)19)17-11-7-5-9-14(17)2/h4-11,18-19H,3,12H2,1-2H3. The van der Waals surface area contributed by atoms with Gasteiger partial charge in [0, 0.05) is 12.3 Å². The number of rotatable bonds is 4. The molecule has 0 saturated heterocycles. The van der Waals surface area contributed by atoms with E-state index in [1.54, 1.807) is 0 Å². The van der Waals surface area contributed by atoms with Crippen molar-refractivity contribution in [2.75, 3.05) is 0 Å². The molecular weight excluding hydrogens is 232 g/mol. The predicted octanol–water partition coefficient (Wildman–Crippen LogP) is 4.90. The van der Waals surface area contributed by atoms with Crippen LogP contribution in [0.25, 0.3) is 0 Å². The quantitative estimate of drug-likeness (QED) is 0.767. The molecule has 2 aromatic rings. The van der Waals surface area contributed by atoms with Crippen molar-refractivity contribution in [3.8, 4) is 0 Å². The minimum atomic E-state index is 0.167. The highest BCUT2D eigenvalue weighted by molar-refractivity contribution is 5.41. The third kappa shape index (κ3) is 3.05. The highest BCUT2D eigenvalue weighted by atomic mass is 16.3. The zero-order chi connectivity index (χ0) is 13.8. The summed E-state index contributed by atoms with van der Waals surface area (Å²) in [4.78, 5) is 0. The van der Waals surface area contributed by atoms with Gasteiger partial charge in [-0.1, -0.05) is 55.1 Å². The molecule has 0 radical (unpaired) electrons. The monoisotopic (exact) mass is 252 g/mol. The van der Waals surface area contributed by atoms with E-state index in [1.807, 2.05) is 24.3 Å². The molecule has 0 aliphatic carbocycles. The van der Waals surface area contributed by atoms with Crippen molar-refractivity contribution in [2.45, 2.75) is 26.2 Å². The van der Waals surface area contributed by atoms with Crippen LogP contribution in [0, 0.1) is 13.8 Å². The maximum atomic E-state index is 9.63. The van der Waals surface area contributed by atoms with Gasteiger partial charge >= 0.3 is 0 Å². The first-order valence-corrected chi connectivity index (χ1v) is 6.57. The van der Waals surface area contributed by atoms with Gasteiger partial charge in [-0.2, -0.15) is 0 Å². The Balaban J connectivity index is 2.51. The number of aliphatic hydroxyl groups excluding tert-OH is 1. The summed E-state index contributed by atoms with van der Waals surface area (Å²) in [7, 11) is 0. The normalized spacial score (nSPS) is 10.7. The van der Waals surface area contributed by atoms with E-state index in [1.165, 1.54) is 22.3 Å². The van der Waals surface area contributed by atoms with Crippen LogP contribution < -0.4 is 0 Å². The lowest BCUT2D eigenvalue weighted by Crippen LogP contribution is -2.06. The zero-order valence-corrected chi connectivity index (χ0v) is 11.6. The average molecular weight is 252 g/mol. The van der Waals surface area contributed by atoms with Crippen LogP contribution in [0.4, 0.5) is 0 Å². The second kappa shape index (κ2) is 5.75. The Labute approximate surface area is 115 Å². The summed E-state index contributed by atoms with van der Waals surface area (Å²) in [6, 6.07) is 16.7. The molecule has 0 bridgehead atoms. The van der Waals surface area contributed by atoms with E-state index in [-0.39, 0.29) is 11.7 Å². The number of hydrogen-bond acceptors (Lipinski definition) is 1. The van der Waals surface area contributed by atoms with Crippen molar-refractivity contribution >= 4 is 0 Å². The number of benzene rings is 2. The molecule has 1 heteroatoms. The molecule has 98 valence electrons. The third-order valence-electron chi connectivity index (χ3n) is 3.57. The Morgan fingerprint density at radius 3 is 1.74 bits per heavy atom. The van der Waals surface area contributed by atoms with Gasteiger partial charge in [0.15, 0.2) is 0 Å². The summed E-state index contributed by atoms with van der Waals surface area (Å²) in [6.07, 6.45) is 0.565. The lowest BCUT2D eigenvalue weighted by atomic mass is 9.83. The molecule has 2 aromatic carbocycles. The molecule has 0 spiro atoms. The lowest BCUT2D eigenvalue weighted by molar-refractivity contribution is 0.383. The Hall–Kier alpha value is -2.02. The van der Waals surface area contributed by atoms with E-state index in [4.69, 9.17) is 0 Å². The first-order chi connectivity index (χ1) is 9.09. The SMILES string of the molecule is C=C(O)CC(c1ccccc1C)c1ccccc1C. The average Bonchev–Trinajstić information content (AvgIpc) is 2.37. The van der Waals surface area contributed by atoms with Gasteiger partial charge in [-0.15, -0.1) is 0 Å². The highest BCUT2D eigenvalue weighted by Gasteiger charge is 2.18. The Bertz CT molecular complexity index is 538. The Kier molecular flexibility index (Phi) is 4.06. The second-order valence-corrected chi connectivity index (χ2v) is 5.04. The smallest absolute Gasteiger partial charge is 0.0860 e. The second-order valence-electron chi connectivity index (χ2n) is 5.04. The van der Waals surface area contributed by atoms with E-state index in [0.717, 1.165) is 0 Å². The largest absolute Gasteiger partial charge is 0.513 e. The van der Waals surface area contributed by atoms with Crippen LogP contribution in [0.2, 0.25) is 0 Å². The molecule has 0 aliphatic rings. The van der Waals surface area contributed by atoms with Crippen LogP contribution in [0.3, 0.4) is 0 Å². The van der Waals surface area contributed by atoms with E-state index in [9.17, 15) is 5.11 Å². The molecule has 1 N–H and O–H groups in total. The van der Waals surface area contributed by atoms with E-state index < -0.39 is 0 Å². The van der Waals surface area contributed by atoms with Crippen molar-refractivity contribution in [1.82, 2.24) is 0 Å². The first-order valence-electron chi connectivity index (χ1n) is 6.57. The van der Waals surface area contributed by atoms with Crippen molar-refractivity contribution < 1.29 is 5.11 Å². The van der Waals surface area contributed by atoms with Crippen LogP contribution in [0.5, 0.6) is 0 Å². The Morgan fingerprint density at radius 1 is 0.947 bits per heavy atom. The van der Waals surface area contributed by atoms with Gasteiger partial charge in [0.25, 0.3) is 0 Å². The molecule has 2 rings (SSSR count). The van der Waals surface area contributed by atoms with Crippen LogP contribution >= 0.6 is 0 Å². The summed E-state index contributed by atoms with van der Waals surface area (Å²) in [5.41, 5.74) is 5.01. The molecule has 0 unspecified atom stereocenters. The predicted molar refractivity (Wildman–Crippen MR) is 80.6 cm³/mol. The third-order valence-corrected chi connectivity index (χ3v) is 3.57. The maximum Gasteiger partial charge on any atom is 0.0860 e. The molecule has 0 atom stereocenters. The van der Waals surface area contributed by atoms with Gasteiger partial charge in [0.1, 0.15) is 0 Å². The number of hydrogen-bond donors (Lipinski definition) is 1. The molecule has 0 aliphatic heterocycles. The highest BCUT2D eigenvalue weighted by Crippen LogP contribution is 2.33. The van der Waals surface area contributed by atoms with Gasteiger partial charge in [0.05, 0.1) is 5.76 Å². The minimum Gasteiger partial charge on any atom is -0.513 e. The molecule has 0 amide bonds. The van der Waals surface area contributed by atoms with E-state index in [2.05, 4.69) is 44.7 Å². The fraction of sp³-hybridized carbons (Fsp3) is 0.222. The van der Waals surface area contributed by atoms with Crippen molar-refractivity contribution in [1.29, 1.82) is 0 Å². The van der Waals surface area contributed by atoms with Crippen molar-refractivity contribution in [3.05, 3.63) is 83.1 Å². The van der Waals surface area contributed by atoms with E-state index in [0.29, 0.717) is 6.42 Å². The van der Waals surface area contributed by atoms with Crippen LogP contribution in [0.15, 0.2) is 60.9 Å². The number of aryl methyl sites for hydroxylation is 2. The summed E-state index contributed by atoms with van der Waals surface area (Å²) in [6.45, 7) is 7.88. The molecule has 19 heavy (non-hydrogen) atoms.